The van der Waals surface area contributed by atoms with Gasteiger partial charge in [0.1, 0.15) is 0 Å². The van der Waals surface area contributed by atoms with E-state index >= 15 is 0 Å². The molecule has 2 nitrogen and oxygen atoms in total. The lowest BCUT2D eigenvalue weighted by Gasteiger charge is -2.04. The molecule has 0 aliphatic heterocycles. The van der Waals surface area contributed by atoms with Crippen molar-refractivity contribution in [2.75, 3.05) is 19.6 Å². The Morgan fingerprint density at radius 3 is 2.80 bits per heavy atom. The molecule has 84 valence electrons. The van der Waals surface area contributed by atoms with Crippen molar-refractivity contribution in [1.82, 2.24) is 10.6 Å². The van der Waals surface area contributed by atoms with Crippen molar-refractivity contribution in [3.8, 4) is 0 Å². The first-order valence-electron chi connectivity index (χ1n) is 5.53. The molecule has 4 heteroatoms. The second-order valence-corrected chi connectivity index (χ2v) is 5.73. The molecule has 0 saturated heterocycles. The third kappa shape index (κ3) is 4.51. The number of nitrogens with one attached hydrogen (secondary N) is 2. The summed E-state index contributed by atoms with van der Waals surface area (Å²) >= 11 is 7.53. The minimum absolute atomic E-state index is 0.822. The molecule has 2 rings (SSSR count). The molecule has 1 aromatic heterocycles. The lowest BCUT2D eigenvalue weighted by atomic mass is 10.3. The van der Waals surface area contributed by atoms with Gasteiger partial charge in [0.15, 0.2) is 0 Å². The van der Waals surface area contributed by atoms with Crippen LogP contribution in [0.5, 0.6) is 0 Å². The van der Waals surface area contributed by atoms with Crippen LogP contribution in [0.1, 0.15) is 17.7 Å². The van der Waals surface area contributed by atoms with Gasteiger partial charge in [0.2, 0.25) is 0 Å². The van der Waals surface area contributed by atoms with Crippen molar-refractivity contribution < 1.29 is 0 Å². The van der Waals surface area contributed by atoms with Gasteiger partial charge in [0.05, 0.1) is 4.34 Å². The molecule has 1 heterocycles. The van der Waals surface area contributed by atoms with Crippen molar-refractivity contribution in [3.05, 3.63) is 21.3 Å². The SMILES string of the molecule is Clc1ccc(CCNCCNC2CC2)s1. The zero-order valence-electron chi connectivity index (χ0n) is 8.76. The molecule has 1 aromatic rings. The van der Waals surface area contributed by atoms with E-state index in [1.165, 1.54) is 17.7 Å². The van der Waals surface area contributed by atoms with Gasteiger partial charge in [-0.3, -0.25) is 0 Å². The summed E-state index contributed by atoms with van der Waals surface area (Å²) in [4.78, 5) is 1.36. The summed E-state index contributed by atoms with van der Waals surface area (Å²) in [5.41, 5.74) is 0. The van der Waals surface area contributed by atoms with Gasteiger partial charge in [-0.1, -0.05) is 11.6 Å². The molecule has 2 N–H and O–H groups in total. The van der Waals surface area contributed by atoms with Crippen molar-refractivity contribution in [2.45, 2.75) is 25.3 Å². The minimum Gasteiger partial charge on any atom is -0.315 e. The van der Waals surface area contributed by atoms with E-state index in [1.807, 2.05) is 6.07 Å². The molecule has 15 heavy (non-hydrogen) atoms. The van der Waals surface area contributed by atoms with Gasteiger partial charge in [-0.05, 0) is 31.4 Å². The second-order valence-electron chi connectivity index (χ2n) is 3.93. The number of rotatable bonds is 7. The second kappa shape index (κ2) is 5.85. The largest absolute Gasteiger partial charge is 0.315 e. The first-order valence-corrected chi connectivity index (χ1v) is 6.72. The lowest BCUT2D eigenvalue weighted by Crippen LogP contribution is -2.29. The summed E-state index contributed by atoms with van der Waals surface area (Å²) in [5.74, 6) is 0. The minimum atomic E-state index is 0.822. The summed E-state index contributed by atoms with van der Waals surface area (Å²) in [6.45, 7) is 3.20. The van der Waals surface area contributed by atoms with Gasteiger partial charge in [0.25, 0.3) is 0 Å². The molecule has 0 radical (unpaired) electrons. The highest BCUT2D eigenvalue weighted by molar-refractivity contribution is 7.16. The Morgan fingerprint density at radius 2 is 2.13 bits per heavy atom. The Labute approximate surface area is 100 Å². The van der Waals surface area contributed by atoms with Crippen LogP contribution in [0.25, 0.3) is 0 Å². The van der Waals surface area contributed by atoms with Crippen LogP contribution in [0, 0.1) is 0 Å². The van der Waals surface area contributed by atoms with E-state index in [9.17, 15) is 0 Å². The molecule has 1 aliphatic carbocycles. The molecular formula is C11H17ClN2S. The molecule has 0 aromatic carbocycles. The predicted octanol–water partition coefficient (Wildman–Crippen LogP) is 2.29. The van der Waals surface area contributed by atoms with Gasteiger partial charge in [0, 0.05) is 30.6 Å². The Morgan fingerprint density at radius 1 is 1.27 bits per heavy atom. The highest BCUT2D eigenvalue weighted by Gasteiger charge is 2.19. The maximum atomic E-state index is 5.85. The predicted molar refractivity (Wildman–Crippen MR) is 66.9 cm³/mol. The number of hydrogen-bond donors (Lipinski definition) is 2. The van der Waals surface area contributed by atoms with E-state index in [0.29, 0.717) is 0 Å². The van der Waals surface area contributed by atoms with E-state index in [1.54, 1.807) is 11.3 Å². The van der Waals surface area contributed by atoms with Crippen molar-refractivity contribution in [2.24, 2.45) is 0 Å². The van der Waals surface area contributed by atoms with Crippen LogP contribution in [-0.2, 0) is 6.42 Å². The van der Waals surface area contributed by atoms with E-state index in [2.05, 4.69) is 16.7 Å². The summed E-state index contributed by atoms with van der Waals surface area (Å²) < 4.78 is 0.889. The normalized spacial score (nSPS) is 15.8. The quantitative estimate of drug-likeness (QED) is 0.720. The molecule has 1 fully saturated rings. The molecule has 1 saturated carbocycles. The number of thiophene rings is 1. The molecule has 0 bridgehead atoms. The van der Waals surface area contributed by atoms with E-state index in [0.717, 1.165) is 36.4 Å². The zero-order valence-corrected chi connectivity index (χ0v) is 10.3. The monoisotopic (exact) mass is 244 g/mol. The Balaban J connectivity index is 1.47. The smallest absolute Gasteiger partial charge is 0.0931 e. The highest BCUT2D eigenvalue weighted by Crippen LogP contribution is 2.21. The Kier molecular flexibility index (Phi) is 4.44. The standard InChI is InChI=1S/C11H17ClN2S/c12-11-4-3-10(15-11)5-6-13-7-8-14-9-1-2-9/h3-4,9,13-14H,1-2,5-8H2. The fourth-order valence-electron chi connectivity index (χ4n) is 1.47. The third-order valence-electron chi connectivity index (χ3n) is 2.49. The molecule has 0 spiro atoms. The van der Waals surface area contributed by atoms with Crippen LogP contribution < -0.4 is 10.6 Å². The number of halogens is 1. The van der Waals surface area contributed by atoms with Crippen LogP contribution in [0.4, 0.5) is 0 Å². The van der Waals surface area contributed by atoms with Crippen LogP contribution >= 0.6 is 22.9 Å². The van der Waals surface area contributed by atoms with Gasteiger partial charge in [-0.2, -0.15) is 0 Å². The van der Waals surface area contributed by atoms with Gasteiger partial charge in [-0.15, -0.1) is 11.3 Å². The van der Waals surface area contributed by atoms with E-state index in [-0.39, 0.29) is 0 Å². The lowest BCUT2D eigenvalue weighted by molar-refractivity contribution is 0.610. The van der Waals surface area contributed by atoms with Crippen LogP contribution in [0.3, 0.4) is 0 Å². The summed E-state index contributed by atoms with van der Waals surface area (Å²) in [5, 5.41) is 6.91. The van der Waals surface area contributed by atoms with Crippen molar-refractivity contribution in [3.63, 3.8) is 0 Å². The first-order chi connectivity index (χ1) is 7.34. The topological polar surface area (TPSA) is 24.1 Å². The zero-order chi connectivity index (χ0) is 10.5. The average molecular weight is 245 g/mol. The highest BCUT2D eigenvalue weighted by atomic mass is 35.5. The Hall–Kier alpha value is -0.0900. The van der Waals surface area contributed by atoms with Crippen LogP contribution in [-0.4, -0.2) is 25.7 Å². The van der Waals surface area contributed by atoms with Gasteiger partial charge >= 0.3 is 0 Å². The van der Waals surface area contributed by atoms with Crippen LogP contribution in [0.2, 0.25) is 4.34 Å². The molecule has 1 aliphatic rings. The summed E-state index contributed by atoms with van der Waals surface area (Å²) in [6.07, 6.45) is 3.82. The van der Waals surface area contributed by atoms with E-state index < -0.39 is 0 Å². The fraction of sp³-hybridized carbons (Fsp3) is 0.636. The maximum absolute atomic E-state index is 5.85. The molecular weight excluding hydrogens is 228 g/mol. The van der Waals surface area contributed by atoms with Gasteiger partial charge in [-0.25, -0.2) is 0 Å². The van der Waals surface area contributed by atoms with E-state index in [4.69, 9.17) is 11.6 Å². The van der Waals surface area contributed by atoms with Crippen molar-refractivity contribution in [1.29, 1.82) is 0 Å². The fourth-order valence-corrected chi connectivity index (χ4v) is 2.56. The van der Waals surface area contributed by atoms with Crippen molar-refractivity contribution >= 4 is 22.9 Å². The summed E-state index contributed by atoms with van der Waals surface area (Å²) in [6, 6.07) is 4.90. The molecule has 0 atom stereocenters. The maximum Gasteiger partial charge on any atom is 0.0931 e. The van der Waals surface area contributed by atoms with Gasteiger partial charge < -0.3 is 10.6 Å². The third-order valence-corrected chi connectivity index (χ3v) is 3.78. The van der Waals surface area contributed by atoms with Crippen LogP contribution in [0.15, 0.2) is 12.1 Å². The summed E-state index contributed by atoms with van der Waals surface area (Å²) in [7, 11) is 0. The Bertz CT molecular complexity index is 297. The first kappa shape index (κ1) is 11.4. The molecule has 0 amide bonds. The number of hydrogen-bond acceptors (Lipinski definition) is 3. The average Bonchev–Trinajstić information content (AvgIpc) is 2.95. The molecule has 0 unspecified atom stereocenters.